The van der Waals surface area contributed by atoms with Gasteiger partial charge < -0.3 is 20.8 Å². The number of nitrogens with one attached hydrogen (secondary N) is 2. The molecule has 0 unspecified atom stereocenters. The van der Waals surface area contributed by atoms with Crippen molar-refractivity contribution in [3.63, 3.8) is 0 Å². The van der Waals surface area contributed by atoms with Crippen LogP contribution in [0.4, 0.5) is 4.39 Å². The Kier molecular flexibility index (Phi) is 10.8. The normalized spacial score (nSPS) is 22.4. The van der Waals surface area contributed by atoms with E-state index in [0.717, 1.165) is 22.3 Å². The molecule has 4 N–H and O–H groups in total. The molecule has 1 aromatic heterocycles. The molecule has 0 spiro atoms. The minimum atomic E-state index is -1.92. The van der Waals surface area contributed by atoms with Crippen LogP contribution in [0.15, 0.2) is 79.1 Å². The maximum absolute atomic E-state index is 16.5. The lowest BCUT2D eigenvalue weighted by Gasteiger charge is -2.42. The molecule has 0 radical (unpaired) electrons. The summed E-state index contributed by atoms with van der Waals surface area (Å²) in [6, 6.07) is 19.2. The van der Waals surface area contributed by atoms with Gasteiger partial charge in [-0.15, -0.1) is 0 Å². The smallest absolute Gasteiger partial charge is 0.239 e. The zero-order chi connectivity index (χ0) is 32.8. The Morgan fingerprint density at radius 2 is 1.74 bits per heavy atom. The maximum atomic E-state index is 16.5. The van der Waals surface area contributed by atoms with Gasteiger partial charge >= 0.3 is 0 Å². The molecule has 6 atom stereocenters. The zero-order valence-corrected chi connectivity index (χ0v) is 26.8. The highest BCUT2D eigenvalue weighted by Gasteiger charge is 2.41. The third-order valence-corrected chi connectivity index (χ3v) is 8.82. The standard InChI is InChI=1S/C36H46FN5O4/c1-36(2,3)40-35(46)29-22-41(21-25-12-9-15-38-20-25)16-17-42(29)23-31(44)32(37)28(18-24-10-5-4-6-11-24)34(45)39-33-27-14-8-7-13-26(27)19-30(33)43/h4-15,20,28-33,43-44H,16-19,21-23H2,1-3H3,(H,39,45)(H,40,46)/t28-,29-,30+,31+,32-,33-/m0/s1. The third kappa shape index (κ3) is 8.55. The summed E-state index contributed by atoms with van der Waals surface area (Å²) in [6.45, 7) is 7.67. The number of pyridine rings is 1. The molecule has 0 saturated carbocycles. The summed E-state index contributed by atoms with van der Waals surface area (Å²) in [6.07, 6.45) is -0.292. The van der Waals surface area contributed by atoms with E-state index in [1.165, 1.54) is 0 Å². The molecular formula is C36H46FN5O4. The number of β-amino-alcohol motifs (C(OH)–C–C–N with tert-alkyl or cyclic N) is 1. The van der Waals surface area contributed by atoms with E-state index in [2.05, 4.69) is 20.5 Å². The Labute approximate surface area is 270 Å². The summed E-state index contributed by atoms with van der Waals surface area (Å²) in [5, 5.41) is 28.1. The Morgan fingerprint density at radius 1 is 1.02 bits per heavy atom. The van der Waals surface area contributed by atoms with Crippen LogP contribution in [0.1, 0.15) is 49.1 Å². The fourth-order valence-electron chi connectivity index (χ4n) is 6.53. The first-order valence-corrected chi connectivity index (χ1v) is 16.1. The average Bonchev–Trinajstić information content (AvgIpc) is 3.34. The largest absolute Gasteiger partial charge is 0.390 e. The number of halogens is 1. The lowest BCUT2D eigenvalue weighted by atomic mass is 9.90. The monoisotopic (exact) mass is 631 g/mol. The number of benzene rings is 2. The number of amides is 2. The summed E-state index contributed by atoms with van der Waals surface area (Å²) in [5.74, 6) is -1.98. The van der Waals surface area contributed by atoms with Crippen molar-refractivity contribution in [2.24, 2.45) is 5.92 Å². The quantitative estimate of drug-likeness (QED) is 0.257. The van der Waals surface area contributed by atoms with Gasteiger partial charge in [-0.05, 0) is 55.5 Å². The number of hydrogen-bond acceptors (Lipinski definition) is 7. The highest BCUT2D eigenvalue weighted by atomic mass is 19.1. The van der Waals surface area contributed by atoms with Gasteiger partial charge in [0.15, 0.2) is 0 Å². The number of rotatable bonds is 11. The summed E-state index contributed by atoms with van der Waals surface area (Å²) in [7, 11) is 0. The minimum Gasteiger partial charge on any atom is -0.390 e. The van der Waals surface area contributed by atoms with Crippen LogP contribution in [0.3, 0.4) is 0 Å². The van der Waals surface area contributed by atoms with Crippen molar-refractivity contribution in [1.29, 1.82) is 0 Å². The van der Waals surface area contributed by atoms with Gasteiger partial charge in [0, 0.05) is 57.1 Å². The number of nitrogens with zero attached hydrogens (tertiary/aromatic N) is 3. The molecule has 1 fully saturated rings. The molecule has 5 rings (SSSR count). The van der Waals surface area contributed by atoms with Gasteiger partial charge in [0.05, 0.1) is 24.2 Å². The molecule has 1 aliphatic carbocycles. The van der Waals surface area contributed by atoms with Gasteiger partial charge in [0.25, 0.3) is 0 Å². The second kappa shape index (κ2) is 14.8. The predicted molar refractivity (Wildman–Crippen MR) is 174 cm³/mol. The van der Waals surface area contributed by atoms with E-state index in [-0.39, 0.29) is 18.9 Å². The Bertz CT molecular complexity index is 1450. The molecule has 2 heterocycles. The first kappa shape index (κ1) is 33.7. The van der Waals surface area contributed by atoms with Crippen molar-refractivity contribution in [3.05, 3.63) is 101 Å². The molecule has 9 nitrogen and oxygen atoms in total. The van der Waals surface area contributed by atoms with Crippen molar-refractivity contribution in [3.8, 4) is 0 Å². The lowest BCUT2D eigenvalue weighted by Crippen LogP contribution is -2.62. The van der Waals surface area contributed by atoms with Crippen LogP contribution in [0.25, 0.3) is 0 Å². The fraction of sp³-hybridized carbons (Fsp3) is 0.472. The van der Waals surface area contributed by atoms with Crippen molar-refractivity contribution < 1.29 is 24.2 Å². The van der Waals surface area contributed by atoms with E-state index in [4.69, 9.17) is 0 Å². The zero-order valence-electron chi connectivity index (χ0n) is 26.8. The van der Waals surface area contributed by atoms with Gasteiger partial charge in [-0.2, -0.15) is 0 Å². The Morgan fingerprint density at radius 3 is 2.46 bits per heavy atom. The molecule has 2 amide bonds. The van der Waals surface area contributed by atoms with Crippen molar-refractivity contribution in [1.82, 2.24) is 25.4 Å². The van der Waals surface area contributed by atoms with Crippen molar-refractivity contribution in [2.75, 3.05) is 26.2 Å². The number of aliphatic hydroxyl groups excluding tert-OH is 2. The SMILES string of the molecule is CC(C)(C)NC(=O)[C@@H]1CN(Cc2cccnc2)CCN1C[C@@H](O)[C@@H](F)[C@H](Cc1ccccc1)C(=O)N[C@H]1c2ccccc2C[C@H]1O. The van der Waals surface area contributed by atoms with E-state index in [1.54, 1.807) is 12.4 Å². The number of carbonyl (C=O) groups is 2. The summed E-state index contributed by atoms with van der Waals surface area (Å²) in [5.41, 5.74) is 3.07. The summed E-state index contributed by atoms with van der Waals surface area (Å²) < 4.78 is 16.5. The van der Waals surface area contributed by atoms with Crippen LogP contribution >= 0.6 is 0 Å². The number of aliphatic hydroxyl groups is 2. The highest BCUT2D eigenvalue weighted by Crippen LogP contribution is 2.32. The molecule has 1 saturated heterocycles. The molecule has 3 aromatic rings. The minimum absolute atomic E-state index is 0.0716. The van der Waals surface area contributed by atoms with Crippen LogP contribution in [0.2, 0.25) is 0 Å². The second-order valence-electron chi connectivity index (χ2n) is 13.6. The first-order chi connectivity index (χ1) is 22.0. The Balaban J connectivity index is 1.32. The number of fused-ring (bicyclic) bond motifs is 1. The van der Waals surface area contributed by atoms with Gasteiger partial charge in [0.2, 0.25) is 11.8 Å². The first-order valence-electron chi connectivity index (χ1n) is 16.1. The summed E-state index contributed by atoms with van der Waals surface area (Å²) in [4.78, 5) is 35.5. The van der Waals surface area contributed by atoms with Gasteiger partial charge in [0.1, 0.15) is 12.2 Å². The summed E-state index contributed by atoms with van der Waals surface area (Å²) >= 11 is 0. The molecular weight excluding hydrogens is 585 g/mol. The molecule has 46 heavy (non-hydrogen) atoms. The van der Waals surface area contributed by atoms with E-state index in [1.807, 2.05) is 92.4 Å². The number of carbonyl (C=O) groups excluding carboxylic acids is 2. The van der Waals surface area contributed by atoms with Crippen LogP contribution in [0.5, 0.6) is 0 Å². The average molecular weight is 632 g/mol. The Hall–Kier alpha value is -3.70. The van der Waals surface area contributed by atoms with Gasteiger partial charge in [-0.1, -0.05) is 60.7 Å². The van der Waals surface area contributed by atoms with Crippen LogP contribution < -0.4 is 10.6 Å². The fourth-order valence-corrected chi connectivity index (χ4v) is 6.53. The highest BCUT2D eigenvalue weighted by molar-refractivity contribution is 5.83. The topological polar surface area (TPSA) is 118 Å². The van der Waals surface area contributed by atoms with Crippen LogP contribution in [-0.4, -0.2) is 93.0 Å². The van der Waals surface area contributed by atoms with E-state index in [9.17, 15) is 19.8 Å². The molecule has 0 bridgehead atoms. The number of alkyl halides is 1. The maximum Gasteiger partial charge on any atom is 0.239 e. The van der Waals surface area contributed by atoms with Gasteiger partial charge in [-0.3, -0.25) is 24.4 Å². The second-order valence-corrected chi connectivity index (χ2v) is 13.6. The number of aromatic nitrogens is 1. The molecule has 1 aliphatic heterocycles. The van der Waals surface area contributed by atoms with Crippen LogP contribution in [0, 0.1) is 5.92 Å². The number of hydrogen-bond donors (Lipinski definition) is 4. The van der Waals surface area contributed by atoms with E-state index >= 15 is 4.39 Å². The molecule has 2 aromatic carbocycles. The van der Waals surface area contributed by atoms with E-state index < -0.39 is 47.8 Å². The van der Waals surface area contributed by atoms with Crippen molar-refractivity contribution in [2.45, 2.75) is 76.2 Å². The molecule has 246 valence electrons. The predicted octanol–water partition coefficient (Wildman–Crippen LogP) is 2.81. The van der Waals surface area contributed by atoms with Gasteiger partial charge in [-0.25, -0.2) is 4.39 Å². The lowest BCUT2D eigenvalue weighted by molar-refractivity contribution is -0.135. The molecule has 10 heteroatoms. The number of piperazine rings is 1. The van der Waals surface area contributed by atoms with E-state index in [0.29, 0.717) is 32.6 Å². The molecule has 2 aliphatic rings. The van der Waals surface area contributed by atoms with Crippen LogP contribution in [-0.2, 0) is 29.0 Å². The third-order valence-electron chi connectivity index (χ3n) is 8.82. The van der Waals surface area contributed by atoms with Crippen molar-refractivity contribution >= 4 is 11.8 Å².